The molecule has 78 valence electrons. The molecule has 4 nitrogen and oxygen atoms in total. The quantitative estimate of drug-likeness (QED) is 0.704. The third-order valence-electron chi connectivity index (χ3n) is 2.41. The van der Waals surface area contributed by atoms with Crippen LogP contribution in [0, 0.1) is 17.2 Å². The van der Waals surface area contributed by atoms with Gasteiger partial charge in [0.25, 0.3) is 0 Å². The summed E-state index contributed by atoms with van der Waals surface area (Å²) in [5.74, 6) is 0.133. The van der Waals surface area contributed by atoms with E-state index in [-0.39, 0.29) is 11.8 Å². The number of amides is 1. The van der Waals surface area contributed by atoms with Gasteiger partial charge in [-0.2, -0.15) is 5.26 Å². The van der Waals surface area contributed by atoms with Gasteiger partial charge in [-0.05, 0) is 19.8 Å². The molecule has 1 aliphatic rings. The van der Waals surface area contributed by atoms with E-state index in [0.717, 1.165) is 25.9 Å². The number of hydrogen-bond donors (Lipinski definition) is 1. The molecule has 1 atom stereocenters. The van der Waals surface area contributed by atoms with Crippen LogP contribution in [0.3, 0.4) is 0 Å². The highest BCUT2D eigenvalue weighted by atomic mass is 16.2. The van der Waals surface area contributed by atoms with Crippen LogP contribution >= 0.6 is 0 Å². The summed E-state index contributed by atoms with van der Waals surface area (Å²) < 4.78 is 0. The van der Waals surface area contributed by atoms with Gasteiger partial charge >= 0.3 is 0 Å². The second-order valence-electron chi connectivity index (χ2n) is 3.75. The summed E-state index contributed by atoms with van der Waals surface area (Å²) in [6.07, 6.45) is 2.25. The Labute approximate surface area is 84.9 Å². The molecule has 1 rings (SSSR count). The van der Waals surface area contributed by atoms with Crippen molar-refractivity contribution in [2.75, 3.05) is 26.2 Å². The minimum Gasteiger partial charge on any atom is -0.342 e. The molecule has 1 fully saturated rings. The molecule has 1 saturated heterocycles. The third-order valence-corrected chi connectivity index (χ3v) is 2.41. The predicted molar refractivity (Wildman–Crippen MR) is 53.5 cm³/mol. The molecule has 0 aromatic heterocycles. The van der Waals surface area contributed by atoms with Gasteiger partial charge in [0.2, 0.25) is 5.91 Å². The number of carbonyl (C=O) groups excluding carboxylic acids is 1. The first-order valence-corrected chi connectivity index (χ1v) is 5.12. The van der Waals surface area contributed by atoms with Crippen LogP contribution in [0.5, 0.6) is 0 Å². The van der Waals surface area contributed by atoms with E-state index in [1.807, 2.05) is 11.8 Å². The minimum atomic E-state index is -0.0265. The monoisotopic (exact) mass is 195 g/mol. The van der Waals surface area contributed by atoms with Crippen molar-refractivity contribution in [3.63, 3.8) is 0 Å². The summed E-state index contributed by atoms with van der Waals surface area (Å²) >= 11 is 0. The lowest BCUT2D eigenvalue weighted by Crippen LogP contribution is -2.37. The van der Waals surface area contributed by atoms with E-state index in [1.54, 1.807) is 0 Å². The normalized spacial score (nSPS) is 17.9. The molecule has 1 aliphatic heterocycles. The number of likely N-dealkylation sites (tertiary alicyclic amines) is 1. The van der Waals surface area contributed by atoms with E-state index >= 15 is 0 Å². The van der Waals surface area contributed by atoms with Crippen molar-refractivity contribution in [3.05, 3.63) is 0 Å². The van der Waals surface area contributed by atoms with E-state index in [2.05, 4.69) is 11.4 Å². The molecule has 4 heteroatoms. The van der Waals surface area contributed by atoms with Crippen LogP contribution in [0.15, 0.2) is 0 Å². The Kier molecular flexibility index (Phi) is 4.41. The van der Waals surface area contributed by atoms with E-state index < -0.39 is 0 Å². The summed E-state index contributed by atoms with van der Waals surface area (Å²) in [7, 11) is 0. The average Bonchev–Trinajstić information content (AvgIpc) is 2.70. The summed E-state index contributed by atoms with van der Waals surface area (Å²) in [6, 6.07) is 2.12. The fraction of sp³-hybridized carbons (Fsp3) is 0.800. The fourth-order valence-electron chi connectivity index (χ4n) is 1.52. The van der Waals surface area contributed by atoms with Crippen LogP contribution in [0.1, 0.15) is 19.8 Å². The molecular weight excluding hydrogens is 178 g/mol. The molecule has 0 bridgehead atoms. The zero-order chi connectivity index (χ0) is 10.4. The number of nitrogens with one attached hydrogen (secondary N) is 1. The minimum absolute atomic E-state index is 0.0265. The summed E-state index contributed by atoms with van der Waals surface area (Å²) in [4.78, 5) is 13.4. The van der Waals surface area contributed by atoms with E-state index in [1.165, 1.54) is 0 Å². The molecule has 1 amide bonds. The molecule has 1 unspecified atom stereocenters. The zero-order valence-electron chi connectivity index (χ0n) is 8.62. The van der Waals surface area contributed by atoms with Gasteiger partial charge in [-0.25, -0.2) is 0 Å². The molecule has 1 N–H and O–H groups in total. The Hall–Kier alpha value is -1.08. The van der Waals surface area contributed by atoms with Gasteiger partial charge in [0, 0.05) is 19.6 Å². The first kappa shape index (κ1) is 11.0. The number of nitrogens with zero attached hydrogens (tertiary/aromatic N) is 2. The maximum Gasteiger partial charge on any atom is 0.236 e. The van der Waals surface area contributed by atoms with Crippen molar-refractivity contribution in [2.45, 2.75) is 19.8 Å². The van der Waals surface area contributed by atoms with Gasteiger partial charge in [0.05, 0.1) is 18.5 Å². The van der Waals surface area contributed by atoms with Crippen molar-refractivity contribution >= 4 is 5.91 Å². The van der Waals surface area contributed by atoms with Crippen LogP contribution in [-0.2, 0) is 4.79 Å². The molecule has 0 spiro atoms. The predicted octanol–water partition coefficient (Wildman–Crippen LogP) is 0.358. The second kappa shape index (κ2) is 5.61. The molecule has 14 heavy (non-hydrogen) atoms. The average molecular weight is 195 g/mol. The van der Waals surface area contributed by atoms with Crippen molar-refractivity contribution in [2.24, 2.45) is 5.92 Å². The number of rotatable bonds is 4. The molecule has 0 aromatic carbocycles. The summed E-state index contributed by atoms with van der Waals surface area (Å²) in [5.41, 5.74) is 0. The standard InChI is InChI=1S/C10H17N3O/c1-9(6-11)7-12-8-10(14)13-4-2-3-5-13/h9,12H,2-5,7-8H2,1H3. The highest BCUT2D eigenvalue weighted by Crippen LogP contribution is 2.06. The van der Waals surface area contributed by atoms with Crippen LogP contribution in [0.2, 0.25) is 0 Å². The van der Waals surface area contributed by atoms with Crippen molar-refractivity contribution in [1.29, 1.82) is 5.26 Å². The smallest absolute Gasteiger partial charge is 0.236 e. The second-order valence-corrected chi connectivity index (χ2v) is 3.75. The largest absolute Gasteiger partial charge is 0.342 e. The molecule has 0 radical (unpaired) electrons. The Morgan fingerprint density at radius 3 is 2.79 bits per heavy atom. The Morgan fingerprint density at radius 2 is 2.21 bits per heavy atom. The van der Waals surface area contributed by atoms with Gasteiger partial charge in [0.15, 0.2) is 0 Å². The molecular formula is C10H17N3O. The molecule has 0 saturated carbocycles. The third kappa shape index (κ3) is 3.35. The highest BCUT2D eigenvalue weighted by molar-refractivity contribution is 5.78. The first-order chi connectivity index (χ1) is 6.74. The topological polar surface area (TPSA) is 56.1 Å². The maximum atomic E-state index is 11.5. The van der Waals surface area contributed by atoms with Crippen LogP contribution in [-0.4, -0.2) is 37.0 Å². The summed E-state index contributed by atoms with van der Waals surface area (Å²) in [6.45, 7) is 4.60. The SMILES string of the molecule is CC(C#N)CNCC(=O)N1CCCC1. The van der Waals surface area contributed by atoms with Crippen molar-refractivity contribution < 1.29 is 4.79 Å². The van der Waals surface area contributed by atoms with Crippen LogP contribution < -0.4 is 5.32 Å². The van der Waals surface area contributed by atoms with Gasteiger partial charge < -0.3 is 10.2 Å². The van der Waals surface area contributed by atoms with Crippen LogP contribution in [0.25, 0.3) is 0 Å². The van der Waals surface area contributed by atoms with Crippen molar-refractivity contribution in [3.8, 4) is 6.07 Å². The van der Waals surface area contributed by atoms with E-state index in [0.29, 0.717) is 13.1 Å². The fourth-order valence-corrected chi connectivity index (χ4v) is 1.52. The summed E-state index contributed by atoms with van der Waals surface area (Å²) in [5, 5.41) is 11.5. The van der Waals surface area contributed by atoms with E-state index in [4.69, 9.17) is 5.26 Å². The lowest BCUT2D eigenvalue weighted by Gasteiger charge is -2.15. The lowest BCUT2D eigenvalue weighted by atomic mass is 10.2. The molecule has 0 aromatic rings. The zero-order valence-corrected chi connectivity index (χ0v) is 8.62. The molecule has 0 aliphatic carbocycles. The van der Waals surface area contributed by atoms with E-state index in [9.17, 15) is 4.79 Å². The van der Waals surface area contributed by atoms with Gasteiger partial charge in [-0.15, -0.1) is 0 Å². The molecule has 1 heterocycles. The number of nitriles is 1. The Balaban J connectivity index is 2.12. The highest BCUT2D eigenvalue weighted by Gasteiger charge is 2.16. The maximum absolute atomic E-state index is 11.5. The van der Waals surface area contributed by atoms with Crippen molar-refractivity contribution in [1.82, 2.24) is 10.2 Å². The number of carbonyl (C=O) groups is 1. The van der Waals surface area contributed by atoms with Gasteiger partial charge in [-0.3, -0.25) is 4.79 Å². The number of hydrogen-bond acceptors (Lipinski definition) is 3. The Morgan fingerprint density at radius 1 is 1.57 bits per heavy atom. The van der Waals surface area contributed by atoms with Gasteiger partial charge in [0.1, 0.15) is 0 Å². The van der Waals surface area contributed by atoms with Gasteiger partial charge in [-0.1, -0.05) is 0 Å². The lowest BCUT2D eigenvalue weighted by molar-refractivity contribution is -0.129. The first-order valence-electron chi connectivity index (χ1n) is 5.12. The Bertz CT molecular complexity index is 228. The van der Waals surface area contributed by atoms with Crippen LogP contribution in [0.4, 0.5) is 0 Å².